The maximum atomic E-state index is 13.1. The fraction of sp³-hybridized carbons (Fsp3) is 0.143. The number of hydrogen-bond donors (Lipinski definition) is 1. The van der Waals surface area contributed by atoms with Gasteiger partial charge in [-0.1, -0.05) is 29.8 Å². The number of amides is 1. The van der Waals surface area contributed by atoms with Crippen LogP contribution in [-0.2, 0) is 4.79 Å². The topological polar surface area (TPSA) is 96.5 Å². The van der Waals surface area contributed by atoms with Crippen LogP contribution < -0.4 is 4.90 Å². The van der Waals surface area contributed by atoms with E-state index in [4.69, 9.17) is 4.42 Å². The summed E-state index contributed by atoms with van der Waals surface area (Å²) in [5.41, 5.74) is 1.62. The second-order valence-corrected chi connectivity index (χ2v) is 6.54. The van der Waals surface area contributed by atoms with E-state index in [1.165, 1.54) is 23.4 Å². The quantitative estimate of drug-likeness (QED) is 0.702. The van der Waals surface area contributed by atoms with Crippen molar-refractivity contribution in [2.24, 2.45) is 0 Å². The summed E-state index contributed by atoms with van der Waals surface area (Å²) in [6.45, 7) is 3.65. The molecule has 4 rings (SSSR count). The SMILES string of the molecule is Cc1ccc([C@@H]2C(C(=O)c3ccc(C)o3)=C(O)C(=O)N2c2ncccn2)cc1. The molecule has 0 radical (unpaired) electrons. The molecule has 0 saturated heterocycles. The Hall–Kier alpha value is -3.74. The Morgan fingerprint density at radius 2 is 1.75 bits per heavy atom. The number of aliphatic hydroxyl groups excluding tert-OH is 1. The molecule has 0 fully saturated rings. The molecule has 1 aromatic carbocycles. The lowest BCUT2D eigenvalue weighted by Crippen LogP contribution is -2.32. The summed E-state index contributed by atoms with van der Waals surface area (Å²) in [7, 11) is 0. The van der Waals surface area contributed by atoms with Crippen molar-refractivity contribution in [1.82, 2.24) is 9.97 Å². The van der Waals surface area contributed by atoms with Crippen molar-refractivity contribution in [3.8, 4) is 0 Å². The van der Waals surface area contributed by atoms with Crippen molar-refractivity contribution in [3.63, 3.8) is 0 Å². The van der Waals surface area contributed by atoms with Gasteiger partial charge in [-0.05, 0) is 37.6 Å². The molecule has 3 heterocycles. The molecular weight excluding hydrogens is 358 g/mol. The van der Waals surface area contributed by atoms with E-state index in [0.29, 0.717) is 11.3 Å². The molecule has 0 unspecified atom stereocenters. The van der Waals surface area contributed by atoms with E-state index in [1.807, 2.05) is 31.2 Å². The van der Waals surface area contributed by atoms with Gasteiger partial charge in [0, 0.05) is 12.4 Å². The molecule has 1 aliphatic heterocycles. The number of benzene rings is 1. The van der Waals surface area contributed by atoms with Gasteiger partial charge in [-0.15, -0.1) is 0 Å². The van der Waals surface area contributed by atoms with Gasteiger partial charge < -0.3 is 9.52 Å². The molecule has 28 heavy (non-hydrogen) atoms. The van der Waals surface area contributed by atoms with Gasteiger partial charge in [0.1, 0.15) is 5.76 Å². The van der Waals surface area contributed by atoms with Gasteiger partial charge in [-0.3, -0.25) is 14.5 Å². The van der Waals surface area contributed by atoms with Crippen LogP contribution in [0.2, 0.25) is 0 Å². The number of aliphatic hydroxyl groups is 1. The Bertz CT molecular complexity index is 1080. The number of carbonyl (C=O) groups is 2. The first-order chi connectivity index (χ1) is 13.5. The van der Waals surface area contributed by atoms with Gasteiger partial charge in [0.05, 0.1) is 11.6 Å². The van der Waals surface area contributed by atoms with E-state index in [2.05, 4.69) is 9.97 Å². The number of Topliss-reactive ketones (excluding diaryl/α,β-unsaturated/α-hetero) is 1. The van der Waals surface area contributed by atoms with Crippen LogP contribution in [0.1, 0.15) is 33.5 Å². The molecule has 3 aromatic rings. The highest BCUT2D eigenvalue weighted by atomic mass is 16.3. The van der Waals surface area contributed by atoms with E-state index < -0.39 is 23.5 Å². The average Bonchev–Trinajstić information content (AvgIpc) is 3.25. The van der Waals surface area contributed by atoms with Crippen molar-refractivity contribution in [2.75, 3.05) is 4.90 Å². The number of hydrogen-bond acceptors (Lipinski definition) is 6. The average molecular weight is 375 g/mol. The highest BCUT2D eigenvalue weighted by molar-refractivity contribution is 6.19. The largest absolute Gasteiger partial charge is 0.503 e. The van der Waals surface area contributed by atoms with Crippen LogP contribution in [0.5, 0.6) is 0 Å². The molecule has 7 nitrogen and oxygen atoms in total. The molecule has 1 atom stereocenters. The van der Waals surface area contributed by atoms with Gasteiger partial charge in [-0.2, -0.15) is 0 Å². The van der Waals surface area contributed by atoms with Crippen LogP contribution in [-0.4, -0.2) is 26.8 Å². The van der Waals surface area contributed by atoms with Gasteiger partial charge >= 0.3 is 0 Å². The highest BCUT2D eigenvalue weighted by Crippen LogP contribution is 2.40. The van der Waals surface area contributed by atoms with Gasteiger partial charge in [-0.25, -0.2) is 9.97 Å². The molecular formula is C21H17N3O4. The van der Waals surface area contributed by atoms with Crippen molar-refractivity contribution in [2.45, 2.75) is 19.9 Å². The zero-order valence-electron chi connectivity index (χ0n) is 15.3. The maximum Gasteiger partial charge on any atom is 0.296 e. The summed E-state index contributed by atoms with van der Waals surface area (Å²) >= 11 is 0. The van der Waals surface area contributed by atoms with E-state index >= 15 is 0 Å². The van der Waals surface area contributed by atoms with Gasteiger partial charge in [0.25, 0.3) is 5.91 Å². The molecule has 0 bridgehead atoms. The van der Waals surface area contributed by atoms with Crippen LogP contribution in [0.3, 0.4) is 0 Å². The molecule has 0 aliphatic carbocycles. The first-order valence-corrected chi connectivity index (χ1v) is 8.69. The van der Waals surface area contributed by atoms with Crippen LogP contribution in [0.4, 0.5) is 5.95 Å². The predicted octanol–water partition coefficient (Wildman–Crippen LogP) is 3.47. The number of rotatable bonds is 4. The van der Waals surface area contributed by atoms with E-state index in [9.17, 15) is 14.7 Å². The molecule has 2 aromatic heterocycles. The van der Waals surface area contributed by atoms with E-state index in [-0.39, 0.29) is 17.3 Å². The van der Waals surface area contributed by atoms with Crippen molar-refractivity contribution < 1.29 is 19.1 Å². The van der Waals surface area contributed by atoms with Crippen molar-refractivity contribution >= 4 is 17.6 Å². The standard InChI is InChI=1S/C21H17N3O4/c1-12-4-7-14(8-5-12)17-16(18(25)15-9-6-13(2)28-15)19(26)20(27)24(17)21-22-10-3-11-23-21/h3-11,17,26H,1-2H3/t17-/m1/s1. The van der Waals surface area contributed by atoms with Gasteiger partial charge in [0.15, 0.2) is 11.5 Å². The third-order valence-electron chi connectivity index (χ3n) is 4.58. The first-order valence-electron chi connectivity index (χ1n) is 8.69. The smallest absolute Gasteiger partial charge is 0.296 e. The van der Waals surface area contributed by atoms with Crippen LogP contribution in [0.25, 0.3) is 0 Å². The normalized spacial score (nSPS) is 16.7. The van der Waals surface area contributed by atoms with E-state index in [1.54, 1.807) is 19.1 Å². The molecule has 7 heteroatoms. The Balaban J connectivity index is 1.88. The summed E-state index contributed by atoms with van der Waals surface area (Å²) in [6, 6.07) is 11.3. The molecule has 140 valence electrons. The lowest BCUT2D eigenvalue weighted by atomic mass is 9.94. The summed E-state index contributed by atoms with van der Waals surface area (Å²) in [4.78, 5) is 35.5. The third-order valence-corrected chi connectivity index (χ3v) is 4.58. The molecule has 0 saturated carbocycles. The summed E-state index contributed by atoms with van der Waals surface area (Å²) in [6.07, 6.45) is 2.99. The lowest BCUT2D eigenvalue weighted by molar-refractivity contribution is -0.117. The number of nitrogens with zero attached hydrogens (tertiary/aromatic N) is 3. The minimum Gasteiger partial charge on any atom is -0.503 e. The Morgan fingerprint density at radius 1 is 1.07 bits per heavy atom. The maximum absolute atomic E-state index is 13.1. The second-order valence-electron chi connectivity index (χ2n) is 6.54. The number of anilines is 1. The van der Waals surface area contributed by atoms with Crippen molar-refractivity contribution in [3.05, 3.63) is 88.8 Å². The van der Waals surface area contributed by atoms with Crippen LogP contribution in [0.15, 0.2) is 70.6 Å². The molecule has 0 spiro atoms. The van der Waals surface area contributed by atoms with E-state index in [0.717, 1.165) is 5.56 Å². The third kappa shape index (κ3) is 2.87. The monoisotopic (exact) mass is 375 g/mol. The number of aromatic nitrogens is 2. The zero-order valence-corrected chi connectivity index (χ0v) is 15.3. The minimum atomic E-state index is -0.867. The number of ketones is 1. The summed E-state index contributed by atoms with van der Waals surface area (Å²) < 4.78 is 5.43. The molecule has 1 amide bonds. The number of furan rings is 1. The van der Waals surface area contributed by atoms with Crippen LogP contribution in [0, 0.1) is 13.8 Å². The van der Waals surface area contributed by atoms with Crippen LogP contribution >= 0.6 is 0 Å². The first kappa shape index (κ1) is 17.7. The van der Waals surface area contributed by atoms with Gasteiger partial charge in [0.2, 0.25) is 11.7 Å². The Kier molecular flexibility index (Phi) is 4.27. The Morgan fingerprint density at radius 3 is 2.36 bits per heavy atom. The number of aryl methyl sites for hydroxylation is 2. The summed E-state index contributed by atoms with van der Waals surface area (Å²) in [5, 5.41) is 10.6. The number of carbonyl (C=O) groups excluding carboxylic acids is 2. The van der Waals surface area contributed by atoms with Crippen molar-refractivity contribution in [1.29, 1.82) is 0 Å². The predicted molar refractivity (Wildman–Crippen MR) is 101 cm³/mol. The fourth-order valence-electron chi connectivity index (χ4n) is 3.21. The minimum absolute atomic E-state index is 0.0554. The second kappa shape index (κ2) is 6.77. The fourth-order valence-corrected chi connectivity index (χ4v) is 3.21. The highest BCUT2D eigenvalue weighted by Gasteiger charge is 2.46. The lowest BCUT2D eigenvalue weighted by Gasteiger charge is -2.24. The molecule has 1 aliphatic rings. The summed E-state index contributed by atoms with van der Waals surface area (Å²) in [5.74, 6) is -1.20. The zero-order chi connectivity index (χ0) is 19.8. The molecule has 1 N–H and O–H groups in total. The Labute approximate surface area is 161 Å².